The molecule has 1 N–H and O–H groups in total. The van der Waals surface area contributed by atoms with Gasteiger partial charge in [0.05, 0.1) is 23.7 Å². The molecule has 31 heavy (non-hydrogen) atoms. The van der Waals surface area contributed by atoms with Crippen LogP contribution < -0.4 is 0 Å². The van der Waals surface area contributed by atoms with Crippen LogP contribution in [-0.4, -0.2) is 86.4 Å². The normalized spacial score (nSPS) is 56.9. The predicted octanol–water partition coefficient (Wildman–Crippen LogP) is 0.918. The Hall–Kier alpha value is -0.860. The maximum atomic E-state index is 13.6. The van der Waals surface area contributed by atoms with Gasteiger partial charge in [-0.25, -0.2) is 0 Å². The molecule has 0 aromatic carbocycles. The number of piperidine rings is 1. The van der Waals surface area contributed by atoms with E-state index in [1.165, 1.54) is 0 Å². The van der Waals surface area contributed by atoms with E-state index in [4.69, 9.17) is 14.2 Å². The smallest absolute Gasteiger partial charge is 0.165 e. The molecule has 1 aliphatic heterocycles. The highest BCUT2D eigenvalue weighted by Crippen LogP contribution is 2.79. The summed E-state index contributed by atoms with van der Waals surface area (Å²) in [6, 6.07) is 0.170. The van der Waals surface area contributed by atoms with Gasteiger partial charge in [-0.2, -0.15) is 0 Å². The summed E-state index contributed by atoms with van der Waals surface area (Å²) >= 11 is 0. The van der Waals surface area contributed by atoms with Crippen molar-refractivity contribution in [2.75, 3.05) is 41.0 Å². The van der Waals surface area contributed by atoms with E-state index in [1.807, 2.05) is 0 Å². The zero-order valence-corrected chi connectivity index (χ0v) is 19.0. The molecule has 6 aliphatic rings. The summed E-state index contributed by atoms with van der Waals surface area (Å²) in [4.78, 5) is 29.1. The first-order chi connectivity index (χ1) is 14.9. The van der Waals surface area contributed by atoms with Crippen molar-refractivity contribution in [3.63, 3.8) is 0 Å². The maximum absolute atomic E-state index is 13.6. The standard InChI is InChI=1S/C24H35NO6/c1-5-25-10-22(11-29-2)15(26)6-7-23-13-8-12-16(13)24(28,9-14(30-3)18(12)27)17(21(23)25)19(31-4)20(22)23/h12-14,16-17,19-21,28H,5-11H2,1-4H3/t12-,13+,14+,16-,17-,19-,20+,21+,22-,23+,24+/m0/s1. The third-order valence-corrected chi connectivity index (χ3v) is 10.7. The van der Waals surface area contributed by atoms with Crippen LogP contribution in [0, 0.1) is 40.4 Å². The average Bonchev–Trinajstić information content (AvgIpc) is 2.91. The molecule has 7 nitrogen and oxygen atoms in total. The first kappa shape index (κ1) is 20.7. The topological polar surface area (TPSA) is 85.3 Å². The predicted molar refractivity (Wildman–Crippen MR) is 110 cm³/mol. The van der Waals surface area contributed by atoms with Crippen molar-refractivity contribution in [3.8, 4) is 0 Å². The zero-order valence-electron chi connectivity index (χ0n) is 19.0. The summed E-state index contributed by atoms with van der Waals surface area (Å²) in [5.41, 5.74) is -1.70. The highest BCUT2D eigenvalue weighted by Gasteiger charge is 2.86. The van der Waals surface area contributed by atoms with Crippen molar-refractivity contribution in [2.45, 2.75) is 56.5 Å². The number of ketones is 2. The second-order valence-electron chi connectivity index (χ2n) is 11.1. The Kier molecular flexibility index (Phi) is 4.27. The minimum Gasteiger partial charge on any atom is -0.389 e. The second kappa shape index (κ2) is 6.38. The van der Waals surface area contributed by atoms with Gasteiger partial charge in [0.25, 0.3) is 0 Å². The number of methoxy groups -OCH3 is 3. The highest BCUT2D eigenvalue weighted by atomic mass is 16.5. The fraction of sp³-hybridized carbons (Fsp3) is 0.917. The van der Waals surface area contributed by atoms with E-state index in [9.17, 15) is 14.7 Å². The molecule has 1 heterocycles. The molecule has 5 aliphatic carbocycles. The number of rotatable bonds is 5. The van der Waals surface area contributed by atoms with E-state index < -0.39 is 17.1 Å². The number of Topliss-reactive ketones (excluding diaryl/α,β-unsaturated/α-hetero) is 2. The second-order valence-corrected chi connectivity index (χ2v) is 11.1. The van der Waals surface area contributed by atoms with Gasteiger partial charge in [-0.1, -0.05) is 6.92 Å². The van der Waals surface area contributed by atoms with Crippen molar-refractivity contribution < 1.29 is 28.9 Å². The lowest BCUT2D eigenvalue weighted by Gasteiger charge is -2.73. The van der Waals surface area contributed by atoms with Crippen molar-refractivity contribution >= 4 is 11.6 Å². The molecule has 6 rings (SSSR count). The molecule has 0 radical (unpaired) electrons. The lowest BCUT2D eigenvalue weighted by molar-refractivity contribution is -0.282. The Morgan fingerprint density at radius 1 is 1.16 bits per heavy atom. The van der Waals surface area contributed by atoms with E-state index in [0.717, 1.165) is 19.4 Å². The van der Waals surface area contributed by atoms with Gasteiger partial charge >= 0.3 is 0 Å². The van der Waals surface area contributed by atoms with E-state index in [0.29, 0.717) is 26.0 Å². The van der Waals surface area contributed by atoms with Gasteiger partial charge in [-0.3, -0.25) is 14.5 Å². The summed E-state index contributed by atoms with van der Waals surface area (Å²) < 4.78 is 17.5. The van der Waals surface area contributed by atoms with Crippen LogP contribution in [0.25, 0.3) is 0 Å². The van der Waals surface area contributed by atoms with Crippen LogP contribution in [0.2, 0.25) is 0 Å². The number of fused-ring (bicyclic) bond motifs is 1. The van der Waals surface area contributed by atoms with Gasteiger partial charge < -0.3 is 19.3 Å². The Morgan fingerprint density at radius 3 is 2.58 bits per heavy atom. The summed E-state index contributed by atoms with van der Waals surface area (Å²) in [5.74, 6) is 0.424. The Morgan fingerprint density at radius 2 is 1.94 bits per heavy atom. The molecule has 172 valence electrons. The van der Waals surface area contributed by atoms with Crippen molar-refractivity contribution in [3.05, 3.63) is 0 Å². The van der Waals surface area contributed by atoms with Crippen molar-refractivity contribution in [1.82, 2.24) is 4.90 Å². The van der Waals surface area contributed by atoms with Gasteiger partial charge in [-0.15, -0.1) is 0 Å². The van der Waals surface area contributed by atoms with Crippen LogP contribution in [0.1, 0.15) is 32.6 Å². The average molecular weight is 434 g/mol. The molecule has 6 fully saturated rings. The summed E-state index contributed by atoms with van der Waals surface area (Å²) in [7, 11) is 4.99. The quantitative estimate of drug-likeness (QED) is 0.690. The third-order valence-electron chi connectivity index (χ3n) is 10.7. The lowest BCUT2D eigenvalue weighted by atomic mass is 9.35. The molecular formula is C24H35NO6. The maximum Gasteiger partial charge on any atom is 0.165 e. The Bertz CT molecular complexity index is 833. The lowest BCUT2D eigenvalue weighted by Crippen LogP contribution is -2.79. The summed E-state index contributed by atoms with van der Waals surface area (Å²) in [5, 5.41) is 12.4. The molecule has 5 saturated carbocycles. The number of hydrogen-bond acceptors (Lipinski definition) is 7. The number of nitrogens with zero attached hydrogens (tertiary/aromatic N) is 1. The van der Waals surface area contributed by atoms with Crippen molar-refractivity contribution in [1.29, 1.82) is 0 Å². The van der Waals surface area contributed by atoms with Crippen LogP contribution in [0.4, 0.5) is 0 Å². The fourth-order valence-corrected chi connectivity index (χ4v) is 10.1. The first-order valence-electron chi connectivity index (χ1n) is 11.9. The van der Waals surface area contributed by atoms with Gasteiger partial charge in [0.2, 0.25) is 0 Å². The number of aliphatic hydroxyl groups is 1. The zero-order chi connectivity index (χ0) is 21.9. The molecule has 1 saturated heterocycles. The molecule has 0 amide bonds. The molecule has 1 spiro atoms. The summed E-state index contributed by atoms with van der Waals surface area (Å²) in [6.45, 7) is 4.05. The molecule has 7 heteroatoms. The summed E-state index contributed by atoms with van der Waals surface area (Å²) in [6.07, 6.45) is 1.78. The van der Waals surface area contributed by atoms with Crippen LogP contribution >= 0.6 is 0 Å². The van der Waals surface area contributed by atoms with E-state index in [2.05, 4.69) is 11.8 Å². The Labute approximate surface area is 183 Å². The van der Waals surface area contributed by atoms with Crippen molar-refractivity contribution in [2.24, 2.45) is 40.4 Å². The monoisotopic (exact) mass is 433 g/mol. The first-order valence-corrected chi connectivity index (χ1v) is 11.9. The number of likely N-dealkylation sites (tertiary alicyclic amines) is 1. The SMILES string of the molecule is CCN1C[C@]2(COC)C(=O)CC[C@@]34[C@@H]5C[C@@H]6C(=O)[C@H](OC)C[C@@](O)([C@@H]65)[C@@H]([C@H](OC)[C@H]23)[C@@H]14. The molecule has 11 atom stereocenters. The molecule has 0 aromatic heterocycles. The van der Waals surface area contributed by atoms with Crippen LogP contribution in [0.3, 0.4) is 0 Å². The van der Waals surface area contributed by atoms with Gasteiger partial charge in [0.15, 0.2) is 5.78 Å². The molecule has 0 aromatic rings. The molecule has 5 bridgehead atoms. The van der Waals surface area contributed by atoms with Crippen LogP contribution in [-0.2, 0) is 23.8 Å². The van der Waals surface area contributed by atoms with E-state index in [-0.39, 0.29) is 58.7 Å². The number of hydrogen-bond donors (Lipinski definition) is 1. The van der Waals surface area contributed by atoms with Gasteiger partial charge in [-0.05, 0) is 30.7 Å². The van der Waals surface area contributed by atoms with Gasteiger partial charge in [0.1, 0.15) is 11.9 Å². The number of carbonyl (C=O) groups excluding carboxylic acids is 2. The minimum atomic E-state index is -1.00. The molecule has 0 unspecified atom stereocenters. The van der Waals surface area contributed by atoms with Crippen LogP contribution in [0.15, 0.2) is 0 Å². The van der Waals surface area contributed by atoms with E-state index in [1.54, 1.807) is 21.3 Å². The Balaban J connectivity index is 1.58. The number of carbonyl (C=O) groups is 2. The van der Waals surface area contributed by atoms with Crippen LogP contribution in [0.5, 0.6) is 0 Å². The van der Waals surface area contributed by atoms with Gasteiger partial charge in [0, 0.05) is 70.4 Å². The minimum absolute atomic E-state index is 0.0284. The third kappa shape index (κ3) is 2.02. The highest BCUT2D eigenvalue weighted by molar-refractivity contribution is 5.90. The fourth-order valence-electron chi connectivity index (χ4n) is 10.1. The number of ether oxygens (including phenoxy) is 3. The largest absolute Gasteiger partial charge is 0.389 e. The van der Waals surface area contributed by atoms with E-state index >= 15 is 0 Å². The molecular weight excluding hydrogens is 398 g/mol.